The molecule has 0 spiro atoms. The largest absolute Gasteiger partial charge is 0.471 e. The van der Waals surface area contributed by atoms with Gasteiger partial charge in [-0.1, -0.05) is 92.7 Å². The van der Waals surface area contributed by atoms with Gasteiger partial charge in [0.2, 0.25) is 5.91 Å². The molecule has 3 unspecified atom stereocenters. The molecule has 0 fully saturated rings. The van der Waals surface area contributed by atoms with Crippen molar-refractivity contribution in [2.24, 2.45) is 11.8 Å². The fraction of sp³-hybridized carbons (Fsp3) is 0.389. The first-order chi connectivity index (χ1) is 22.3. The van der Waals surface area contributed by atoms with Gasteiger partial charge in [-0.25, -0.2) is 4.79 Å². The van der Waals surface area contributed by atoms with Crippen LogP contribution < -0.4 is 5.32 Å². The molecule has 1 aliphatic rings. The van der Waals surface area contributed by atoms with Crippen molar-refractivity contribution in [2.75, 3.05) is 20.3 Å². The molecular weight excluding hydrogens is 613 g/mol. The summed E-state index contributed by atoms with van der Waals surface area (Å²) in [6.07, 6.45) is -5.35. The molecule has 0 aliphatic heterocycles. The van der Waals surface area contributed by atoms with Crippen molar-refractivity contribution in [3.63, 3.8) is 0 Å². The Bertz CT molecular complexity index is 1530. The molecule has 3 aromatic carbocycles. The predicted octanol–water partition coefficient (Wildman–Crippen LogP) is 5.68. The second-order valence-corrected chi connectivity index (χ2v) is 12.0. The fourth-order valence-electron chi connectivity index (χ4n) is 6.01. The van der Waals surface area contributed by atoms with Crippen molar-refractivity contribution < 1.29 is 41.8 Å². The predicted molar refractivity (Wildman–Crippen MR) is 169 cm³/mol. The van der Waals surface area contributed by atoms with Crippen LogP contribution in [0.5, 0.6) is 0 Å². The highest BCUT2D eigenvalue weighted by Gasteiger charge is 2.49. The van der Waals surface area contributed by atoms with Crippen molar-refractivity contribution >= 4 is 23.8 Å². The number of amides is 2. The summed E-state index contributed by atoms with van der Waals surface area (Å²) in [4.78, 5) is 52.4. The highest BCUT2D eigenvalue weighted by molar-refractivity contribution is 5.93. The monoisotopic (exact) mass is 652 g/mol. The number of carbonyl (C=O) groups excluding carboxylic acids is 4. The van der Waals surface area contributed by atoms with E-state index in [-0.39, 0.29) is 42.7 Å². The third kappa shape index (κ3) is 8.38. The standard InChI is InChI=1S/C36H39F3N2O6/c1-22(2)18-31(41(23(3)33(43)46-4)35(45)36(37,38)39)32(42)40-20-25(19-24-12-6-5-7-13-24)34(44)47-21-30-28-16-10-8-14-26(28)27-15-9-11-17-29(27)30/h5-17,22-23,25,30-31H,18-21H2,1-4H3,(H,40,42). The normalized spacial score (nSPS) is 14.4. The van der Waals surface area contributed by atoms with Gasteiger partial charge >= 0.3 is 24.0 Å². The van der Waals surface area contributed by atoms with E-state index in [4.69, 9.17) is 4.74 Å². The first-order valence-electron chi connectivity index (χ1n) is 15.5. The summed E-state index contributed by atoms with van der Waals surface area (Å²) in [5.41, 5.74) is 4.97. The molecule has 1 N–H and O–H groups in total. The molecule has 0 bridgehead atoms. The molecule has 11 heteroatoms. The van der Waals surface area contributed by atoms with E-state index in [0.717, 1.165) is 41.9 Å². The smallest absolute Gasteiger partial charge is 0.467 e. The van der Waals surface area contributed by atoms with Gasteiger partial charge in [0.05, 0.1) is 13.0 Å². The second kappa shape index (κ2) is 15.3. The van der Waals surface area contributed by atoms with E-state index >= 15 is 0 Å². The molecule has 47 heavy (non-hydrogen) atoms. The zero-order valence-corrected chi connectivity index (χ0v) is 26.8. The average molecular weight is 653 g/mol. The molecule has 0 aromatic heterocycles. The Morgan fingerprint density at radius 2 is 1.38 bits per heavy atom. The number of hydrogen-bond acceptors (Lipinski definition) is 6. The fourth-order valence-corrected chi connectivity index (χ4v) is 6.01. The number of rotatable bonds is 13. The van der Waals surface area contributed by atoms with Crippen LogP contribution in [-0.4, -0.2) is 67.2 Å². The Morgan fingerprint density at radius 1 is 0.830 bits per heavy atom. The van der Waals surface area contributed by atoms with E-state index in [0.29, 0.717) is 0 Å². The molecule has 0 heterocycles. The highest BCUT2D eigenvalue weighted by atomic mass is 19.4. The zero-order valence-electron chi connectivity index (χ0n) is 26.8. The Balaban J connectivity index is 1.56. The maximum absolute atomic E-state index is 13.7. The van der Waals surface area contributed by atoms with Gasteiger partial charge < -0.3 is 19.7 Å². The van der Waals surface area contributed by atoms with E-state index in [2.05, 4.69) is 10.1 Å². The minimum atomic E-state index is -5.35. The molecular formula is C36H39F3N2O6. The summed E-state index contributed by atoms with van der Waals surface area (Å²) in [5, 5.41) is 2.59. The molecule has 1 aliphatic carbocycles. The van der Waals surface area contributed by atoms with Gasteiger partial charge in [-0.2, -0.15) is 13.2 Å². The van der Waals surface area contributed by atoms with E-state index < -0.39 is 47.9 Å². The van der Waals surface area contributed by atoms with Crippen LogP contribution in [0.25, 0.3) is 11.1 Å². The number of hydrogen-bond donors (Lipinski definition) is 1. The number of halogens is 3. The van der Waals surface area contributed by atoms with Gasteiger partial charge in [0.1, 0.15) is 18.7 Å². The van der Waals surface area contributed by atoms with Gasteiger partial charge in [0.15, 0.2) is 0 Å². The lowest BCUT2D eigenvalue weighted by Crippen LogP contribution is -2.59. The van der Waals surface area contributed by atoms with Gasteiger partial charge in [-0.3, -0.25) is 14.4 Å². The quantitative estimate of drug-likeness (QED) is 0.239. The summed E-state index contributed by atoms with van der Waals surface area (Å²) < 4.78 is 51.6. The summed E-state index contributed by atoms with van der Waals surface area (Å²) in [6.45, 7) is 4.19. The first kappa shape index (κ1) is 35.2. The van der Waals surface area contributed by atoms with Gasteiger partial charge in [0.25, 0.3) is 0 Å². The number of fused-ring (bicyclic) bond motifs is 3. The summed E-state index contributed by atoms with van der Waals surface area (Å²) in [6, 6.07) is 21.5. The van der Waals surface area contributed by atoms with E-state index in [1.807, 2.05) is 66.7 Å². The molecule has 2 amide bonds. The van der Waals surface area contributed by atoms with Crippen LogP contribution in [0.15, 0.2) is 78.9 Å². The maximum atomic E-state index is 13.7. The summed E-state index contributed by atoms with van der Waals surface area (Å²) >= 11 is 0. The van der Waals surface area contributed by atoms with Crippen molar-refractivity contribution in [3.05, 3.63) is 95.6 Å². The molecule has 0 radical (unpaired) electrons. The number of methoxy groups -OCH3 is 1. The average Bonchev–Trinajstić information content (AvgIpc) is 3.37. The van der Waals surface area contributed by atoms with Crippen LogP contribution in [0.4, 0.5) is 13.2 Å². The topological polar surface area (TPSA) is 102 Å². The van der Waals surface area contributed by atoms with Crippen LogP contribution in [0.2, 0.25) is 0 Å². The lowest BCUT2D eigenvalue weighted by Gasteiger charge is -2.35. The number of alkyl halides is 3. The van der Waals surface area contributed by atoms with E-state index in [1.165, 1.54) is 0 Å². The number of benzene rings is 3. The van der Waals surface area contributed by atoms with Crippen molar-refractivity contribution in [1.82, 2.24) is 10.2 Å². The minimum absolute atomic E-state index is 0.0482. The number of esters is 2. The number of nitrogens with one attached hydrogen (secondary N) is 1. The highest BCUT2D eigenvalue weighted by Crippen LogP contribution is 2.44. The number of ether oxygens (including phenoxy) is 2. The van der Waals surface area contributed by atoms with Crippen LogP contribution in [0.1, 0.15) is 49.8 Å². The number of nitrogens with zero attached hydrogens (tertiary/aromatic N) is 1. The lowest BCUT2D eigenvalue weighted by atomic mass is 9.96. The molecule has 0 saturated carbocycles. The van der Waals surface area contributed by atoms with Crippen LogP contribution in [0, 0.1) is 11.8 Å². The zero-order chi connectivity index (χ0) is 34.3. The second-order valence-electron chi connectivity index (χ2n) is 12.0. The Kier molecular flexibility index (Phi) is 11.4. The molecule has 4 rings (SSSR count). The maximum Gasteiger partial charge on any atom is 0.471 e. The SMILES string of the molecule is COC(=O)C(C)N(C(=O)C(F)(F)F)C(CC(C)C)C(=O)NCC(Cc1ccccc1)C(=O)OCC1c2ccccc2-c2ccccc21. The van der Waals surface area contributed by atoms with E-state index in [9.17, 15) is 32.3 Å². The van der Waals surface area contributed by atoms with Crippen LogP contribution >= 0.6 is 0 Å². The Hall–Kier alpha value is -4.67. The van der Waals surface area contributed by atoms with E-state index in [1.54, 1.807) is 26.0 Å². The minimum Gasteiger partial charge on any atom is -0.467 e. The van der Waals surface area contributed by atoms with Crippen molar-refractivity contribution in [3.8, 4) is 11.1 Å². The molecule has 0 saturated heterocycles. The lowest BCUT2D eigenvalue weighted by molar-refractivity contribution is -0.193. The van der Waals surface area contributed by atoms with Crippen molar-refractivity contribution in [1.29, 1.82) is 0 Å². The molecule has 3 atom stereocenters. The third-order valence-electron chi connectivity index (χ3n) is 8.31. The van der Waals surface area contributed by atoms with Gasteiger partial charge in [-0.05, 0) is 53.5 Å². The van der Waals surface area contributed by atoms with Gasteiger partial charge in [-0.15, -0.1) is 0 Å². The van der Waals surface area contributed by atoms with Gasteiger partial charge in [0, 0.05) is 12.5 Å². The molecule has 3 aromatic rings. The summed E-state index contributed by atoms with van der Waals surface area (Å²) in [5.74, 6) is -6.41. The third-order valence-corrected chi connectivity index (χ3v) is 8.31. The van der Waals surface area contributed by atoms with Crippen molar-refractivity contribution in [2.45, 2.75) is 57.8 Å². The number of carbonyl (C=O) groups is 4. The molecule has 8 nitrogen and oxygen atoms in total. The first-order valence-corrected chi connectivity index (χ1v) is 15.5. The molecule has 250 valence electrons. The Morgan fingerprint density at radius 3 is 1.91 bits per heavy atom. The summed E-state index contributed by atoms with van der Waals surface area (Å²) in [7, 11) is 0.981. The van der Waals surface area contributed by atoms with Crippen LogP contribution in [-0.2, 0) is 35.1 Å². The van der Waals surface area contributed by atoms with Crippen LogP contribution in [0.3, 0.4) is 0 Å². The Labute approximate surface area is 272 Å².